The molecule has 0 radical (unpaired) electrons. The zero-order valence-electron chi connectivity index (χ0n) is 14.5. The zero-order chi connectivity index (χ0) is 18.4. The number of carbonyl (C=O) groups excluding carboxylic acids is 1. The maximum Gasteiger partial charge on any atom is 0.242 e. The molecular weight excluding hydrogens is 340 g/mol. The molecule has 6 nitrogen and oxygen atoms in total. The minimum Gasteiger partial charge on any atom is -0.494 e. The maximum absolute atomic E-state index is 12.2. The van der Waals surface area contributed by atoms with Crippen LogP contribution < -0.4 is 10.1 Å². The summed E-state index contributed by atoms with van der Waals surface area (Å²) >= 11 is 0. The molecule has 0 saturated carbocycles. The number of amides is 1. The van der Waals surface area contributed by atoms with Crippen LogP contribution in [0.25, 0.3) is 0 Å². The highest BCUT2D eigenvalue weighted by Crippen LogP contribution is 2.18. The molecule has 134 valence electrons. The molecule has 1 N–H and O–H groups in total. The summed E-state index contributed by atoms with van der Waals surface area (Å²) in [6.07, 6.45) is 0.192. The van der Waals surface area contributed by atoms with Gasteiger partial charge in [-0.3, -0.25) is 4.79 Å². The Labute approximate surface area is 148 Å². The summed E-state index contributed by atoms with van der Waals surface area (Å²) in [5.74, 6) is 0.539. The molecule has 0 fully saturated rings. The van der Waals surface area contributed by atoms with Gasteiger partial charge in [0, 0.05) is 19.8 Å². The molecule has 0 aromatic heterocycles. The Morgan fingerprint density at radius 2 is 1.80 bits per heavy atom. The summed E-state index contributed by atoms with van der Waals surface area (Å²) < 4.78 is 30.8. The van der Waals surface area contributed by atoms with Crippen LogP contribution in [0.1, 0.15) is 12.5 Å². The fourth-order valence-electron chi connectivity index (χ4n) is 2.21. The normalized spacial score (nSPS) is 11.4. The van der Waals surface area contributed by atoms with E-state index in [1.165, 1.54) is 26.2 Å². The van der Waals surface area contributed by atoms with Gasteiger partial charge in [0.1, 0.15) is 5.75 Å². The summed E-state index contributed by atoms with van der Waals surface area (Å²) in [6.45, 7) is 2.50. The second kappa shape index (κ2) is 8.13. The quantitative estimate of drug-likeness (QED) is 0.821. The van der Waals surface area contributed by atoms with E-state index in [1.807, 2.05) is 31.2 Å². The van der Waals surface area contributed by atoms with Crippen LogP contribution in [0.5, 0.6) is 5.75 Å². The maximum atomic E-state index is 12.2. The lowest BCUT2D eigenvalue weighted by molar-refractivity contribution is -0.115. The minimum atomic E-state index is -3.54. The Balaban J connectivity index is 2.05. The third-order valence-electron chi connectivity index (χ3n) is 3.50. The Morgan fingerprint density at radius 3 is 2.40 bits per heavy atom. The van der Waals surface area contributed by atoms with E-state index in [1.54, 1.807) is 12.1 Å². The lowest BCUT2D eigenvalue weighted by Crippen LogP contribution is -2.22. The van der Waals surface area contributed by atoms with E-state index in [0.29, 0.717) is 12.3 Å². The Bertz CT molecular complexity index is 830. The lowest BCUT2D eigenvalue weighted by Gasteiger charge is -2.12. The second-order valence-corrected chi connectivity index (χ2v) is 7.77. The third kappa shape index (κ3) is 5.04. The first-order valence-corrected chi connectivity index (χ1v) is 9.31. The van der Waals surface area contributed by atoms with Gasteiger partial charge >= 0.3 is 0 Å². The van der Waals surface area contributed by atoms with Gasteiger partial charge in [-0.2, -0.15) is 0 Å². The van der Waals surface area contributed by atoms with Crippen LogP contribution in [-0.4, -0.2) is 39.3 Å². The van der Waals surface area contributed by atoms with Gasteiger partial charge in [0.15, 0.2) is 0 Å². The van der Waals surface area contributed by atoms with E-state index in [4.69, 9.17) is 4.74 Å². The minimum absolute atomic E-state index is 0.136. The zero-order valence-corrected chi connectivity index (χ0v) is 15.3. The van der Waals surface area contributed by atoms with Crippen molar-refractivity contribution in [2.75, 3.05) is 26.0 Å². The standard InChI is InChI=1S/C18H22N2O4S/c1-4-24-16-10-8-14(9-11-16)12-18(21)19-15-6-5-7-17(13-15)25(22,23)20(2)3/h5-11,13H,4,12H2,1-3H3,(H,19,21). The van der Waals surface area contributed by atoms with E-state index in [0.717, 1.165) is 15.6 Å². The Hall–Kier alpha value is -2.38. The van der Waals surface area contributed by atoms with Gasteiger partial charge < -0.3 is 10.1 Å². The van der Waals surface area contributed by atoms with Crippen LogP contribution in [-0.2, 0) is 21.2 Å². The van der Waals surface area contributed by atoms with E-state index >= 15 is 0 Å². The molecule has 0 saturated heterocycles. The van der Waals surface area contributed by atoms with Gasteiger partial charge in [-0.15, -0.1) is 0 Å². The molecule has 1 amide bonds. The average molecular weight is 362 g/mol. The first kappa shape index (κ1) is 19.0. The van der Waals surface area contributed by atoms with Crippen molar-refractivity contribution < 1.29 is 17.9 Å². The molecule has 7 heteroatoms. The van der Waals surface area contributed by atoms with Crippen molar-refractivity contribution in [3.8, 4) is 5.75 Å². The lowest BCUT2D eigenvalue weighted by atomic mass is 10.1. The van der Waals surface area contributed by atoms with E-state index in [2.05, 4.69) is 5.32 Å². The summed E-state index contributed by atoms with van der Waals surface area (Å²) in [5, 5.41) is 2.73. The Kier molecular flexibility index (Phi) is 6.17. The van der Waals surface area contributed by atoms with Crippen molar-refractivity contribution in [1.82, 2.24) is 4.31 Å². The van der Waals surface area contributed by atoms with Gasteiger partial charge in [0.05, 0.1) is 17.9 Å². The van der Waals surface area contributed by atoms with E-state index in [9.17, 15) is 13.2 Å². The SMILES string of the molecule is CCOc1ccc(CC(=O)Nc2cccc(S(=O)(=O)N(C)C)c2)cc1. The van der Waals surface area contributed by atoms with Crippen molar-refractivity contribution in [1.29, 1.82) is 0 Å². The van der Waals surface area contributed by atoms with Crippen LogP contribution in [0.2, 0.25) is 0 Å². The monoisotopic (exact) mass is 362 g/mol. The number of nitrogens with zero attached hydrogens (tertiary/aromatic N) is 1. The van der Waals surface area contributed by atoms with Crippen molar-refractivity contribution in [2.45, 2.75) is 18.2 Å². The highest BCUT2D eigenvalue weighted by molar-refractivity contribution is 7.89. The topological polar surface area (TPSA) is 75.7 Å². The number of hydrogen-bond acceptors (Lipinski definition) is 4. The fraction of sp³-hybridized carbons (Fsp3) is 0.278. The van der Waals surface area contributed by atoms with Gasteiger partial charge in [0.2, 0.25) is 15.9 Å². The summed E-state index contributed by atoms with van der Waals surface area (Å²) in [4.78, 5) is 12.3. The van der Waals surface area contributed by atoms with Crippen molar-refractivity contribution in [2.24, 2.45) is 0 Å². The smallest absolute Gasteiger partial charge is 0.242 e. The number of benzene rings is 2. The number of nitrogens with one attached hydrogen (secondary N) is 1. The number of ether oxygens (including phenoxy) is 1. The van der Waals surface area contributed by atoms with E-state index < -0.39 is 10.0 Å². The van der Waals surface area contributed by atoms with Crippen LogP contribution >= 0.6 is 0 Å². The summed E-state index contributed by atoms with van der Waals surface area (Å²) in [7, 11) is -0.607. The molecule has 2 aromatic rings. The second-order valence-electron chi connectivity index (χ2n) is 5.62. The van der Waals surface area contributed by atoms with Crippen LogP contribution in [0.3, 0.4) is 0 Å². The number of carbonyl (C=O) groups is 1. The molecule has 0 aliphatic carbocycles. The third-order valence-corrected chi connectivity index (χ3v) is 5.31. The fourth-order valence-corrected chi connectivity index (χ4v) is 3.15. The van der Waals surface area contributed by atoms with Crippen LogP contribution in [0.15, 0.2) is 53.4 Å². The van der Waals surface area contributed by atoms with Gasteiger partial charge in [0.25, 0.3) is 0 Å². The molecule has 0 unspecified atom stereocenters. The molecular formula is C18H22N2O4S. The van der Waals surface area contributed by atoms with Crippen LogP contribution in [0.4, 0.5) is 5.69 Å². The molecule has 0 spiro atoms. The number of rotatable bonds is 7. The average Bonchev–Trinajstić information content (AvgIpc) is 2.57. The predicted octanol–water partition coefficient (Wildman–Crippen LogP) is 2.52. The predicted molar refractivity (Wildman–Crippen MR) is 97.3 cm³/mol. The summed E-state index contributed by atoms with van der Waals surface area (Å²) in [6, 6.07) is 13.5. The van der Waals surface area contributed by atoms with Crippen LogP contribution in [0, 0.1) is 0 Å². The number of hydrogen-bond donors (Lipinski definition) is 1. The highest BCUT2D eigenvalue weighted by Gasteiger charge is 2.17. The molecule has 25 heavy (non-hydrogen) atoms. The van der Waals surface area contributed by atoms with Gasteiger partial charge in [-0.25, -0.2) is 12.7 Å². The molecule has 0 heterocycles. The van der Waals surface area contributed by atoms with Crippen molar-refractivity contribution in [3.05, 3.63) is 54.1 Å². The number of anilines is 1. The summed E-state index contributed by atoms with van der Waals surface area (Å²) in [5.41, 5.74) is 1.29. The molecule has 0 atom stereocenters. The largest absolute Gasteiger partial charge is 0.494 e. The molecule has 0 aliphatic rings. The molecule has 2 rings (SSSR count). The van der Waals surface area contributed by atoms with Gasteiger partial charge in [-0.05, 0) is 42.8 Å². The van der Waals surface area contributed by atoms with Crippen molar-refractivity contribution in [3.63, 3.8) is 0 Å². The number of sulfonamides is 1. The van der Waals surface area contributed by atoms with Gasteiger partial charge in [-0.1, -0.05) is 18.2 Å². The molecule has 0 aliphatic heterocycles. The highest BCUT2D eigenvalue weighted by atomic mass is 32.2. The Morgan fingerprint density at radius 1 is 1.12 bits per heavy atom. The molecule has 2 aromatic carbocycles. The molecule has 0 bridgehead atoms. The van der Waals surface area contributed by atoms with E-state index in [-0.39, 0.29) is 17.2 Å². The first-order chi connectivity index (χ1) is 11.8. The van der Waals surface area contributed by atoms with Crippen molar-refractivity contribution >= 4 is 21.6 Å². The first-order valence-electron chi connectivity index (χ1n) is 7.87.